The molecule has 0 unspecified atom stereocenters. The molecule has 3 aromatic heterocycles. The standard InChI is InChI=1S/C23H23ClN8O3/c1-35-19-4-3-15(24)11-16(19)21-18(13-31(29-21)14-20(33)30-9-6-25-7-10-30)28-23(34)17-12-27-32-8-2-5-26-22(17)32/h2-5,8,11-13,25H,6-7,9-10,14H2,1H3,(H,28,34). The number of anilines is 1. The molecule has 1 aliphatic rings. The maximum atomic E-state index is 13.2. The Bertz CT molecular complexity index is 1390. The molecule has 1 fully saturated rings. The summed E-state index contributed by atoms with van der Waals surface area (Å²) in [4.78, 5) is 32.1. The van der Waals surface area contributed by atoms with Gasteiger partial charge < -0.3 is 20.3 Å². The van der Waals surface area contributed by atoms with Crippen molar-refractivity contribution < 1.29 is 14.3 Å². The van der Waals surface area contributed by atoms with E-state index in [1.165, 1.54) is 15.4 Å². The Kier molecular flexibility index (Phi) is 6.34. The highest BCUT2D eigenvalue weighted by molar-refractivity contribution is 6.31. The predicted molar refractivity (Wildman–Crippen MR) is 130 cm³/mol. The van der Waals surface area contributed by atoms with Crippen molar-refractivity contribution in [1.82, 2.24) is 34.6 Å². The second kappa shape index (κ2) is 9.72. The first-order valence-electron chi connectivity index (χ1n) is 11.0. The van der Waals surface area contributed by atoms with Gasteiger partial charge in [-0.3, -0.25) is 14.3 Å². The number of halogens is 1. The van der Waals surface area contributed by atoms with Crippen molar-refractivity contribution in [3.8, 4) is 17.0 Å². The van der Waals surface area contributed by atoms with Crippen molar-refractivity contribution in [2.45, 2.75) is 6.54 Å². The Balaban J connectivity index is 1.50. The quantitative estimate of drug-likeness (QED) is 0.420. The number of nitrogens with zero attached hydrogens (tertiary/aromatic N) is 6. The first kappa shape index (κ1) is 22.8. The highest BCUT2D eigenvalue weighted by Crippen LogP contribution is 2.36. The van der Waals surface area contributed by atoms with Crippen molar-refractivity contribution in [3.05, 3.63) is 59.6 Å². The average Bonchev–Trinajstić information content (AvgIpc) is 3.48. The van der Waals surface area contributed by atoms with Gasteiger partial charge in [0.05, 0.1) is 19.0 Å². The summed E-state index contributed by atoms with van der Waals surface area (Å²) in [7, 11) is 1.54. The molecule has 2 N–H and O–H groups in total. The van der Waals surface area contributed by atoms with E-state index in [0.29, 0.717) is 52.0 Å². The smallest absolute Gasteiger partial charge is 0.261 e. The summed E-state index contributed by atoms with van der Waals surface area (Å²) in [6, 6.07) is 6.86. The van der Waals surface area contributed by atoms with Crippen LogP contribution in [0.25, 0.3) is 16.9 Å². The minimum atomic E-state index is -0.408. The summed E-state index contributed by atoms with van der Waals surface area (Å²) in [6.45, 7) is 2.82. The number of hydrogen-bond acceptors (Lipinski definition) is 7. The molecule has 180 valence electrons. The van der Waals surface area contributed by atoms with Gasteiger partial charge in [0, 0.05) is 55.4 Å². The third kappa shape index (κ3) is 4.68. The third-order valence-corrected chi connectivity index (χ3v) is 5.95. The fourth-order valence-electron chi connectivity index (χ4n) is 3.99. The molecule has 1 aliphatic heterocycles. The number of hydrogen-bond donors (Lipinski definition) is 2. The van der Waals surface area contributed by atoms with Gasteiger partial charge in [0.25, 0.3) is 5.91 Å². The van der Waals surface area contributed by atoms with Crippen molar-refractivity contribution in [2.75, 3.05) is 38.6 Å². The Hall–Kier alpha value is -3.96. The van der Waals surface area contributed by atoms with Crippen molar-refractivity contribution >= 4 is 34.7 Å². The first-order chi connectivity index (χ1) is 17.0. The van der Waals surface area contributed by atoms with Crippen LogP contribution in [0.15, 0.2) is 49.1 Å². The summed E-state index contributed by atoms with van der Waals surface area (Å²) in [6.07, 6.45) is 6.39. The van der Waals surface area contributed by atoms with Gasteiger partial charge in [0.1, 0.15) is 23.6 Å². The van der Waals surface area contributed by atoms with Crippen molar-refractivity contribution in [1.29, 1.82) is 0 Å². The lowest BCUT2D eigenvalue weighted by atomic mass is 10.1. The Morgan fingerprint density at radius 2 is 2.09 bits per heavy atom. The van der Waals surface area contributed by atoms with E-state index in [9.17, 15) is 9.59 Å². The van der Waals surface area contributed by atoms with Gasteiger partial charge in [-0.05, 0) is 24.3 Å². The summed E-state index contributed by atoms with van der Waals surface area (Å²) in [5.74, 6) is 0.0680. The minimum Gasteiger partial charge on any atom is -0.496 e. The fraction of sp³-hybridized carbons (Fsp3) is 0.261. The third-order valence-electron chi connectivity index (χ3n) is 5.72. The van der Waals surface area contributed by atoms with Gasteiger partial charge in [-0.15, -0.1) is 0 Å². The Labute approximate surface area is 205 Å². The molecule has 11 nitrogen and oxygen atoms in total. The lowest BCUT2D eigenvalue weighted by Gasteiger charge is -2.27. The van der Waals surface area contributed by atoms with E-state index in [4.69, 9.17) is 16.3 Å². The minimum absolute atomic E-state index is 0.0318. The number of aromatic nitrogens is 5. The Morgan fingerprint density at radius 3 is 2.89 bits per heavy atom. The summed E-state index contributed by atoms with van der Waals surface area (Å²) >= 11 is 6.26. The number of methoxy groups -OCH3 is 1. The molecule has 0 radical (unpaired) electrons. The molecule has 0 bridgehead atoms. The number of fused-ring (bicyclic) bond motifs is 1. The van der Waals surface area contributed by atoms with E-state index in [-0.39, 0.29) is 12.5 Å². The maximum Gasteiger partial charge on any atom is 0.261 e. The number of ether oxygens (including phenoxy) is 1. The van der Waals surface area contributed by atoms with Crippen molar-refractivity contribution in [3.63, 3.8) is 0 Å². The topological polar surface area (TPSA) is 119 Å². The van der Waals surface area contributed by atoms with Crippen LogP contribution < -0.4 is 15.4 Å². The molecule has 0 aliphatic carbocycles. The molecule has 0 atom stereocenters. The number of piperazine rings is 1. The second-order valence-electron chi connectivity index (χ2n) is 7.96. The van der Waals surface area contributed by atoms with E-state index >= 15 is 0 Å². The SMILES string of the molecule is COc1ccc(Cl)cc1-c1nn(CC(=O)N2CCNCC2)cc1NC(=O)c1cnn2cccnc12. The molecule has 1 saturated heterocycles. The van der Waals surface area contributed by atoms with Crippen LogP contribution in [0.1, 0.15) is 10.4 Å². The normalized spacial score (nSPS) is 13.7. The molecule has 4 heterocycles. The van der Waals surface area contributed by atoms with Crippen LogP contribution in [0.3, 0.4) is 0 Å². The van der Waals surface area contributed by atoms with Crippen LogP contribution in [-0.4, -0.2) is 74.4 Å². The number of carbonyl (C=O) groups excluding carboxylic acids is 2. The van der Waals surface area contributed by atoms with Gasteiger partial charge in [0.15, 0.2) is 5.65 Å². The monoisotopic (exact) mass is 494 g/mol. The Morgan fingerprint density at radius 1 is 1.26 bits per heavy atom. The molecule has 0 saturated carbocycles. The van der Waals surface area contributed by atoms with Crippen LogP contribution in [0.4, 0.5) is 5.69 Å². The van der Waals surface area contributed by atoms with Crippen LogP contribution in [0.2, 0.25) is 5.02 Å². The number of nitrogens with one attached hydrogen (secondary N) is 2. The largest absolute Gasteiger partial charge is 0.496 e. The summed E-state index contributed by atoms with van der Waals surface area (Å²) < 4.78 is 8.54. The van der Waals surface area contributed by atoms with Gasteiger partial charge in [-0.25, -0.2) is 9.50 Å². The molecule has 1 aromatic carbocycles. The predicted octanol–water partition coefficient (Wildman–Crippen LogP) is 1.94. The molecule has 2 amide bonds. The molecule has 4 aromatic rings. The van der Waals surface area contributed by atoms with Gasteiger partial charge in [-0.2, -0.15) is 10.2 Å². The van der Waals surface area contributed by atoms with Crippen LogP contribution >= 0.6 is 11.6 Å². The van der Waals surface area contributed by atoms with Gasteiger partial charge in [0.2, 0.25) is 5.91 Å². The average molecular weight is 495 g/mol. The first-order valence-corrected chi connectivity index (χ1v) is 11.4. The second-order valence-corrected chi connectivity index (χ2v) is 8.40. The fourth-order valence-corrected chi connectivity index (χ4v) is 4.16. The number of amides is 2. The van der Waals surface area contributed by atoms with E-state index in [0.717, 1.165) is 13.1 Å². The van der Waals surface area contributed by atoms with E-state index in [1.807, 2.05) is 0 Å². The van der Waals surface area contributed by atoms with Crippen LogP contribution in [0.5, 0.6) is 5.75 Å². The molecular formula is C23H23ClN8O3. The van der Waals surface area contributed by atoms with E-state index in [2.05, 4.69) is 25.8 Å². The molecule has 5 rings (SSSR count). The lowest BCUT2D eigenvalue weighted by molar-refractivity contribution is -0.132. The van der Waals surface area contributed by atoms with E-state index < -0.39 is 5.91 Å². The lowest BCUT2D eigenvalue weighted by Crippen LogP contribution is -2.47. The zero-order valence-electron chi connectivity index (χ0n) is 18.9. The summed E-state index contributed by atoms with van der Waals surface area (Å²) in [5, 5.41) is 15.4. The van der Waals surface area contributed by atoms with Gasteiger partial charge in [-0.1, -0.05) is 11.6 Å². The molecule has 35 heavy (non-hydrogen) atoms. The summed E-state index contributed by atoms with van der Waals surface area (Å²) in [5.41, 5.74) is 2.14. The zero-order valence-corrected chi connectivity index (χ0v) is 19.7. The number of rotatable bonds is 6. The maximum absolute atomic E-state index is 13.2. The molecule has 0 spiro atoms. The highest BCUT2D eigenvalue weighted by Gasteiger charge is 2.23. The van der Waals surface area contributed by atoms with Crippen molar-refractivity contribution in [2.24, 2.45) is 0 Å². The van der Waals surface area contributed by atoms with Crippen LogP contribution in [-0.2, 0) is 11.3 Å². The number of benzene rings is 1. The number of carbonyl (C=O) groups is 2. The van der Waals surface area contributed by atoms with Gasteiger partial charge >= 0.3 is 0 Å². The molecular weight excluding hydrogens is 472 g/mol. The molecule has 12 heteroatoms. The van der Waals surface area contributed by atoms with E-state index in [1.54, 1.807) is 54.9 Å². The highest BCUT2D eigenvalue weighted by atomic mass is 35.5. The zero-order chi connectivity index (χ0) is 24.4. The van der Waals surface area contributed by atoms with Crippen LogP contribution in [0, 0.1) is 0 Å².